The highest BCUT2D eigenvalue weighted by Crippen LogP contribution is 2.27. The number of aromatic nitrogens is 1. The monoisotopic (exact) mass is 337 g/mol. The lowest BCUT2D eigenvalue weighted by atomic mass is 9.96. The van der Waals surface area contributed by atoms with Crippen LogP contribution in [0.4, 0.5) is 0 Å². The average molecular weight is 337 g/mol. The number of likely N-dealkylation sites (tertiary alicyclic amines) is 2. The molecule has 2 saturated heterocycles. The van der Waals surface area contributed by atoms with Crippen molar-refractivity contribution in [2.24, 2.45) is 0 Å². The van der Waals surface area contributed by atoms with E-state index in [2.05, 4.69) is 35.9 Å². The second kappa shape index (κ2) is 6.41. The first-order chi connectivity index (χ1) is 12.0. The maximum absolute atomic E-state index is 13.0. The van der Waals surface area contributed by atoms with Gasteiger partial charge in [0.1, 0.15) is 0 Å². The number of piperidine rings is 1. The Bertz CT molecular complexity index is 810. The van der Waals surface area contributed by atoms with Crippen molar-refractivity contribution in [3.8, 4) is 0 Å². The van der Waals surface area contributed by atoms with Crippen LogP contribution in [0.15, 0.2) is 24.3 Å². The molecule has 4 nitrogen and oxygen atoms in total. The summed E-state index contributed by atoms with van der Waals surface area (Å²) in [4.78, 5) is 22.2. The number of pyridine rings is 1. The molecule has 1 atom stereocenters. The Morgan fingerprint density at radius 1 is 1.16 bits per heavy atom. The maximum Gasteiger partial charge on any atom is 0.255 e. The number of carbonyl (C=O) groups excluding carboxylic acids is 1. The van der Waals surface area contributed by atoms with Gasteiger partial charge in [0.25, 0.3) is 5.91 Å². The van der Waals surface area contributed by atoms with Crippen molar-refractivity contribution in [2.75, 3.05) is 19.6 Å². The summed E-state index contributed by atoms with van der Waals surface area (Å²) in [6.45, 7) is 9.23. The van der Waals surface area contributed by atoms with Crippen LogP contribution in [0.1, 0.15) is 47.8 Å². The number of nitrogens with zero attached hydrogens (tertiary/aromatic N) is 3. The Balaban J connectivity index is 1.50. The standard InChI is InChI=1S/C21H27N3O/c1-14-7-8-20-17(10-14)11-19(16(3)22-20)21(25)23-12-18(13-23)24-9-5-4-6-15(24)2/h7-8,10-11,15,18H,4-6,9,12-13H2,1-3H3. The quantitative estimate of drug-likeness (QED) is 0.841. The zero-order chi connectivity index (χ0) is 17.6. The second-order valence-corrected chi connectivity index (χ2v) is 7.76. The lowest BCUT2D eigenvalue weighted by molar-refractivity contribution is 0.00207. The van der Waals surface area contributed by atoms with E-state index in [1.165, 1.54) is 31.4 Å². The number of rotatable bonds is 2. The normalized spacial score (nSPS) is 22.2. The SMILES string of the molecule is Cc1ccc2nc(C)c(C(=O)N3CC(N4CCCCC4C)C3)cc2c1. The summed E-state index contributed by atoms with van der Waals surface area (Å²) in [6, 6.07) is 9.41. The molecule has 4 heteroatoms. The first kappa shape index (κ1) is 16.5. The molecule has 1 unspecified atom stereocenters. The summed E-state index contributed by atoms with van der Waals surface area (Å²) in [5.41, 5.74) is 3.74. The molecule has 0 N–H and O–H groups in total. The highest BCUT2D eigenvalue weighted by atomic mass is 16.2. The van der Waals surface area contributed by atoms with Crippen LogP contribution in [0.25, 0.3) is 10.9 Å². The Morgan fingerprint density at radius 3 is 2.72 bits per heavy atom. The molecule has 0 radical (unpaired) electrons. The first-order valence-corrected chi connectivity index (χ1v) is 9.46. The lowest BCUT2D eigenvalue weighted by Crippen LogP contribution is -2.63. The van der Waals surface area contributed by atoms with Crippen LogP contribution >= 0.6 is 0 Å². The molecule has 0 spiro atoms. The zero-order valence-corrected chi connectivity index (χ0v) is 15.5. The van der Waals surface area contributed by atoms with Crippen molar-refractivity contribution in [3.63, 3.8) is 0 Å². The van der Waals surface area contributed by atoms with Gasteiger partial charge in [-0.05, 0) is 58.4 Å². The van der Waals surface area contributed by atoms with Crippen molar-refractivity contribution in [2.45, 2.75) is 52.1 Å². The number of fused-ring (bicyclic) bond motifs is 1. The first-order valence-electron chi connectivity index (χ1n) is 9.46. The largest absolute Gasteiger partial charge is 0.335 e. The van der Waals surface area contributed by atoms with Crippen LogP contribution in [0, 0.1) is 13.8 Å². The molecule has 2 aromatic rings. The Hall–Kier alpha value is -1.94. The van der Waals surface area contributed by atoms with Crippen LogP contribution in [-0.4, -0.2) is 52.4 Å². The zero-order valence-electron chi connectivity index (χ0n) is 15.5. The molecule has 2 aliphatic rings. The van der Waals surface area contributed by atoms with Gasteiger partial charge in [0, 0.05) is 30.6 Å². The van der Waals surface area contributed by atoms with Gasteiger partial charge in [-0.2, -0.15) is 0 Å². The van der Waals surface area contributed by atoms with Gasteiger partial charge in [-0.25, -0.2) is 0 Å². The van der Waals surface area contributed by atoms with Gasteiger partial charge < -0.3 is 4.90 Å². The highest BCUT2D eigenvalue weighted by molar-refractivity contribution is 5.99. The summed E-state index contributed by atoms with van der Waals surface area (Å²) in [5, 5.41) is 1.05. The summed E-state index contributed by atoms with van der Waals surface area (Å²) in [7, 11) is 0. The fourth-order valence-corrected chi connectivity index (χ4v) is 4.27. The average Bonchev–Trinajstić information content (AvgIpc) is 2.55. The predicted octanol–water partition coefficient (Wildman–Crippen LogP) is 3.55. The topological polar surface area (TPSA) is 36.4 Å². The summed E-state index contributed by atoms with van der Waals surface area (Å²) in [5.74, 6) is 0.134. The van der Waals surface area contributed by atoms with Gasteiger partial charge in [0.05, 0.1) is 16.8 Å². The molecule has 132 valence electrons. The van der Waals surface area contributed by atoms with Crippen molar-refractivity contribution in [3.05, 3.63) is 41.1 Å². The van der Waals surface area contributed by atoms with E-state index in [-0.39, 0.29) is 5.91 Å². The minimum Gasteiger partial charge on any atom is -0.335 e. The third-order valence-electron chi connectivity index (χ3n) is 5.86. The van der Waals surface area contributed by atoms with Crippen molar-refractivity contribution in [1.82, 2.24) is 14.8 Å². The van der Waals surface area contributed by atoms with Crippen LogP contribution in [0.5, 0.6) is 0 Å². The second-order valence-electron chi connectivity index (χ2n) is 7.76. The number of carbonyl (C=O) groups is 1. The molecule has 1 aromatic heterocycles. The summed E-state index contributed by atoms with van der Waals surface area (Å²) >= 11 is 0. The van der Waals surface area contributed by atoms with E-state index < -0.39 is 0 Å². The molecule has 2 fully saturated rings. The smallest absolute Gasteiger partial charge is 0.255 e. The number of amides is 1. The lowest BCUT2D eigenvalue weighted by Gasteiger charge is -2.49. The van der Waals surface area contributed by atoms with Crippen LogP contribution in [0.2, 0.25) is 0 Å². The Labute approximate surface area is 149 Å². The van der Waals surface area contributed by atoms with E-state index >= 15 is 0 Å². The summed E-state index contributed by atoms with van der Waals surface area (Å²) < 4.78 is 0. The third-order valence-corrected chi connectivity index (χ3v) is 5.86. The molecule has 1 aromatic carbocycles. The van der Waals surface area contributed by atoms with E-state index in [0.717, 1.165) is 35.2 Å². The van der Waals surface area contributed by atoms with Gasteiger partial charge >= 0.3 is 0 Å². The fourth-order valence-electron chi connectivity index (χ4n) is 4.27. The third kappa shape index (κ3) is 3.04. The highest BCUT2D eigenvalue weighted by Gasteiger charge is 2.38. The molecule has 0 bridgehead atoms. The minimum absolute atomic E-state index is 0.134. The molecule has 25 heavy (non-hydrogen) atoms. The van der Waals surface area contributed by atoms with E-state index in [1.807, 2.05) is 24.0 Å². The predicted molar refractivity (Wildman–Crippen MR) is 101 cm³/mol. The molecule has 4 rings (SSSR count). The number of hydrogen-bond donors (Lipinski definition) is 0. The Morgan fingerprint density at radius 2 is 1.96 bits per heavy atom. The number of aryl methyl sites for hydroxylation is 2. The summed E-state index contributed by atoms with van der Waals surface area (Å²) in [6.07, 6.45) is 3.92. The number of hydrogen-bond acceptors (Lipinski definition) is 3. The molecule has 3 heterocycles. The van der Waals surface area contributed by atoms with Crippen molar-refractivity contribution < 1.29 is 4.79 Å². The fraction of sp³-hybridized carbons (Fsp3) is 0.524. The van der Waals surface area contributed by atoms with Crippen molar-refractivity contribution in [1.29, 1.82) is 0 Å². The maximum atomic E-state index is 13.0. The molecular formula is C21H27N3O. The van der Waals surface area contributed by atoms with Gasteiger partial charge in [0.15, 0.2) is 0 Å². The minimum atomic E-state index is 0.134. The van der Waals surface area contributed by atoms with Gasteiger partial charge in [-0.1, -0.05) is 18.1 Å². The Kier molecular flexibility index (Phi) is 4.24. The van der Waals surface area contributed by atoms with Crippen molar-refractivity contribution >= 4 is 16.8 Å². The van der Waals surface area contributed by atoms with E-state index in [9.17, 15) is 4.79 Å². The van der Waals surface area contributed by atoms with Crippen LogP contribution in [0.3, 0.4) is 0 Å². The molecule has 0 aliphatic carbocycles. The van der Waals surface area contributed by atoms with Crippen LogP contribution in [-0.2, 0) is 0 Å². The van der Waals surface area contributed by atoms with Crippen LogP contribution < -0.4 is 0 Å². The molecule has 2 aliphatic heterocycles. The molecule has 1 amide bonds. The van der Waals surface area contributed by atoms with Gasteiger partial charge in [-0.15, -0.1) is 0 Å². The molecule has 0 saturated carbocycles. The van der Waals surface area contributed by atoms with E-state index in [4.69, 9.17) is 0 Å². The van der Waals surface area contributed by atoms with Gasteiger partial charge in [0.2, 0.25) is 0 Å². The van der Waals surface area contributed by atoms with E-state index in [0.29, 0.717) is 12.1 Å². The van der Waals surface area contributed by atoms with Gasteiger partial charge in [-0.3, -0.25) is 14.7 Å². The molecular weight excluding hydrogens is 310 g/mol. The van der Waals surface area contributed by atoms with E-state index in [1.54, 1.807) is 0 Å². The number of benzene rings is 1.